The second-order valence-electron chi connectivity index (χ2n) is 5.03. The maximum atomic E-state index is 12.6. The van der Waals surface area contributed by atoms with Crippen LogP contribution in [0.3, 0.4) is 0 Å². The molecule has 0 saturated carbocycles. The summed E-state index contributed by atoms with van der Waals surface area (Å²) in [5.41, 5.74) is 0.304. The van der Waals surface area contributed by atoms with E-state index in [1.807, 2.05) is 0 Å². The maximum Gasteiger partial charge on any atom is 0.335 e. The van der Waals surface area contributed by atoms with Crippen molar-refractivity contribution in [2.24, 2.45) is 0 Å². The quantitative estimate of drug-likeness (QED) is 0.709. The predicted octanol–water partition coefficient (Wildman–Crippen LogP) is 2.02. The minimum Gasteiger partial charge on any atom is -0.478 e. The summed E-state index contributed by atoms with van der Waals surface area (Å²) in [7, 11) is -3.48. The number of nitrogens with one attached hydrogen (secondary N) is 1. The lowest BCUT2D eigenvalue weighted by atomic mass is 10.1. The molecular formula is C15H11NO6S. The van der Waals surface area contributed by atoms with Crippen LogP contribution in [0.2, 0.25) is 0 Å². The second kappa shape index (κ2) is 5.10. The lowest BCUT2D eigenvalue weighted by molar-refractivity contribution is 0.0697. The molecule has 0 unspecified atom stereocenters. The number of carboxylic acid groups (broad SMARTS) is 1. The molecule has 0 aliphatic heterocycles. The fraction of sp³-hybridized carbons (Fsp3) is 0.0667. The first-order valence-electron chi connectivity index (χ1n) is 6.46. The predicted molar refractivity (Wildman–Crippen MR) is 85.4 cm³/mol. The van der Waals surface area contributed by atoms with Gasteiger partial charge in [-0.15, -0.1) is 0 Å². The smallest absolute Gasteiger partial charge is 0.335 e. The summed E-state index contributed by atoms with van der Waals surface area (Å²) in [6.45, 7) is 0. The number of hydrogen-bond donors (Lipinski definition) is 2. The molecule has 23 heavy (non-hydrogen) atoms. The average Bonchev–Trinajstić information content (AvgIpc) is 2.46. The van der Waals surface area contributed by atoms with Gasteiger partial charge in [-0.05, 0) is 36.4 Å². The third-order valence-electron chi connectivity index (χ3n) is 3.22. The van der Waals surface area contributed by atoms with Gasteiger partial charge >= 0.3 is 5.97 Å². The third kappa shape index (κ3) is 2.88. The number of sulfonamides is 1. The van der Waals surface area contributed by atoms with Gasteiger partial charge in [0.05, 0.1) is 22.6 Å². The second-order valence-corrected chi connectivity index (χ2v) is 6.78. The molecular weight excluding hydrogens is 322 g/mol. The van der Waals surface area contributed by atoms with Crippen LogP contribution in [0.25, 0.3) is 21.9 Å². The number of anilines is 1. The van der Waals surface area contributed by atoms with Gasteiger partial charge < -0.3 is 9.52 Å². The molecule has 7 nitrogen and oxygen atoms in total. The monoisotopic (exact) mass is 333 g/mol. The highest BCUT2D eigenvalue weighted by molar-refractivity contribution is 7.92. The summed E-state index contributed by atoms with van der Waals surface area (Å²) >= 11 is 0. The Morgan fingerprint density at radius 2 is 1.70 bits per heavy atom. The van der Waals surface area contributed by atoms with Crippen LogP contribution in [0, 0.1) is 0 Å². The van der Waals surface area contributed by atoms with Gasteiger partial charge in [0.25, 0.3) is 0 Å². The number of carboxylic acids is 1. The Balaban J connectivity index is 2.30. The highest BCUT2D eigenvalue weighted by Crippen LogP contribution is 2.22. The van der Waals surface area contributed by atoms with Gasteiger partial charge in [-0.25, -0.2) is 13.2 Å². The van der Waals surface area contributed by atoms with E-state index in [-0.39, 0.29) is 33.2 Å². The topological polar surface area (TPSA) is 114 Å². The minimum absolute atomic E-state index is 0.0328. The van der Waals surface area contributed by atoms with Crippen molar-refractivity contribution in [1.82, 2.24) is 0 Å². The molecule has 0 aliphatic carbocycles. The maximum absolute atomic E-state index is 12.6. The Morgan fingerprint density at radius 3 is 2.30 bits per heavy atom. The first kappa shape index (κ1) is 15.0. The van der Waals surface area contributed by atoms with Crippen molar-refractivity contribution in [2.75, 3.05) is 11.0 Å². The molecule has 0 aliphatic rings. The summed E-state index contributed by atoms with van der Waals surface area (Å²) < 4.78 is 30.4. The lowest BCUT2D eigenvalue weighted by Crippen LogP contribution is -2.10. The summed E-state index contributed by atoms with van der Waals surface area (Å²) in [5.74, 6) is -1.15. The number of carbonyl (C=O) groups is 1. The van der Waals surface area contributed by atoms with E-state index in [9.17, 15) is 18.0 Å². The van der Waals surface area contributed by atoms with Crippen molar-refractivity contribution in [3.05, 3.63) is 52.2 Å². The zero-order valence-electron chi connectivity index (χ0n) is 11.9. The number of aromatic carboxylic acids is 1. The van der Waals surface area contributed by atoms with E-state index in [1.54, 1.807) is 0 Å². The SMILES string of the molecule is CS(=O)(=O)Nc1ccc2oc3ccc(C(=O)O)cc3c(=O)c2c1. The number of benzene rings is 2. The van der Waals surface area contributed by atoms with Gasteiger partial charge in [0.2, 0.25) is 15.5 Å². The van der Waals surface area contributed by atoms with E-state index in [1.165, 1.54) is 36.4 Å². The average molecular weight is 333 g/mol. The van der Waals surface area contributed by atoms with Crippen LogP contribution in [0.15, 0.2) is 45.6 Å². The van der Waals surface area contributed by atoms with Gasteiger partial charge in [0, 0.05) is 5.69 Å². The van der Waals surface area contributed by atoms with Crippen LogP contribution in [-0.4, -0.2) is 25.7 Å². The van der Waals surface area contributed by atoms with Crippen LogP contribution in [0.1, 0.15) is 10.4 Å². The molecule has 118 valence electrons. The zero-order valence-corrected chi connectivity index (χ0v) is 12.7. The van der Waals surface area contributed by atoms with E-state index in [0.29, 0.717) is 0 Å². The molecule has 0 saturated heterocycles. The van der Waals surface area contributed by atoms with Gasteiger partial charge in [-0.2, -0.15) is 0 Å². The van der Waals surface area contributed by atoms with Crippen LogP contribution in [-0.2, 0) is 10.0 Å². The summed E-state index contributed by atoms with van der Waals surface area (Å²) in [6.07, 6.45) is 0.999. The number of fused-ring (bicyclic) bond motifs is 2. The normalized spacial score (nSPS) is 11.7. The zero-order chi connectivity index (χ0) is 16.8. The van der Waals surface area contributed by atoms with Crippen molar-refractivity contribution in [1.29, 1.82) is 0 Å². The van der Waals surface area contributed by atoms with Crippen LogP contribution >= 0.6 is 0 Å². The van der Waals surface area contributed by atoms with Crippen molar-refractivity contribution in [2.45, 2.75) is 0 Å². The van der Waals surface area contributed by atoms with E-state index in [4.69, 9.17) is 9.52 Å². The molecule has 3 aromatic rings. The van der Waals surface area contributed by atoms with Crippen molar-refractivity contribution in [3.63, 3.8) is 0 Å². The highest BCUT2D eigenvalue weighted by Gasteiger charge is 2.12. The van der Waals surface area contributed by atoms with E-state index >= 15 is 0 Å². The fourth-order valence-electron chi connectivity index (χ4n) is 2.27. The molecule has 2 N–H and O–H groups in total. The Hall–Kier alpha value is -2.87. The Kier molecular flexibility index (Phi) is 3.33. The molecule has 0 fully saturated rings. The van der Waals surface area contributed by atoms with Crippen LogP contribution < -0.4 is 10.2 Å². The van der Waals surface area contributed by atoms with Crippen LogP contribution in [0.4, 0.5) is 5.69 Å². The molecule has 1 aromatic heterocycles. The largest absolute Gasteiger partial charge is 0.478 e. The highest BCUT2D eigenvalue weighted by atomic mass is 32.2. The molecule has 1 heterocycles. The van der Waals surface area contributed by atoms with Gasteiger partial charge in [-0.3, -0.25) is 9.52 Å². The Labute approximate surface area is 130 Å². The molecule has 0 bridgehead atoms. The third-order valence-corrected chi connectivity index (χ3v) is 3.82. The van der Waals surface area contributed by atoms with E-state index in [0.717, 1.165) is 6.26 Å². The van der Waals surface area contributed by atoms with E-state index in [2.05, 4.69) is 4.72 Å². The molecule has 2 aromatic carbocycles. The summed E-state index contributed by atoms with van der Waals surface area (Å²) in [6, 6.07) is 8.31. The molecule has 0 radical (unpaired) electrons. The standard InChI is InChI=1S/C15H11NO6S/c1-23(20,21)16-9-3-5-13-11(7-9)14(17)10-6-8(15(18)19)2-4-12(10)22-13/h2-7,16H,1H3,(H,18,19). The van der Waals surface area contributed by atoms with Gasteiger partial charge in [0.15, 0.2) is 0 Å². The summed E-state index contributed by atoms with van der Waals surface area (Å²) in [4.78, 5) is 23.6. The molecule has 0 atom stereocenters. The lowest BCUT2D eigenvalue weighted by Gasteiger charge is -2.06. The molecule has 0 amide bonds. The van der Waals surface area contributed by atoms with Gasteiger partial charge in [0.1, 0.15) is 11.2 Å². The summed E-state index contributed by atoms with van der Waals surface area (Å²) in [5, 5.41) is 9.29. The molecule has 8 heteroatoms. The molecule has 0 spiro atoms. The Morgan fingerprint density at radius 1 is 1.09 bits per heavy atom. The fourth-order valence-corrected chi connectivity index (χ4v) is 2.82. The van der Waals surface area contributed by atoms with Crippen molar-refractivity contribution in [3.8, 4) is 0 Å². The van der Waals surface area contributed by atoms with Crippen molar-refractivity contribution < 1.29 is 22.7 Å². The van der Waals surface area contributed by atoms with E-state index < -0.39 is 21.4 Å². The van der Waals surface area contributed by atoms with Crippen molar-refractivity contribution >= 4 is 43.6 Å². The first-order chi connectivity index (χ1) is 10.7. The molecule has 3 rings (SSSR count). The minimum atomic E-state index is -3.48. The van der Waals surface area contributed by atoms with Gasteiger partial charge in [-0.1, -0.05) is 0 Å². The number of rotatable bonds is 3. The first-order valence-corrected chi connectivity index (χ1v) is 8.35. The number of hydrogen-bond acceptors (Lipinski definition) is 5. The van der Waals surface area contributed by atoms with Crippen LogP contribution in [0.5, 0.6) is 0 Å². The Bertz CT molecular complexity index is 1110.